The monoisotopic (exact) mass is 125 g/mol. The van der Waals surface area contributed by atoms with E-state index in [1.165, 1.54) is 12.1 Å². The van der Waals surface area contributed by atoms with Crippen LogP contribution in [0.2, 0.25) is 0 Å². The van der Waals surface area contributed by atoms with Crippen molar-refractivity contribution in [1.29, 1.82) is 0 Å². The molecule has 2 atom stereocenters. The third-order valence-corrected chi connectivity index (χ3v) is 2.12. The van der Waals surface area contributed by atoms with Crippen LogP contribution < -0.4 is 0 Å². The van der Waals surface area contributed by atoms with E-state index in [0.29, 0.717) is 0 Å². The van der Waals surface area contributed by atoms with Crippen LogP contribution in [0.4, 0.5) is 0 Å². The lowest BCUT2D eigenvalue weighted by atomic mass is 9.91. The molecular formula is C8H15N. The Morgan fingerprint density at radius 1 is 1.44 bits per heavy atom. The molecule has 0 saturated heterocycles. The van der Waals surface area contributed by atoms with Gasteiger partial charge in [-0.05, 0) is 25.2 Å². The van der Waals surface area contributed by atoms with Crippen molar-refractivity contribution in [3.63, 3.8) is 0 Å². The largest absolute Gasteiger partial charge is 0.294 e. The van der Waals surface area contributed by atoms with E-state index in [4.69, 9.17) is 0 Å². The van der Waals surface area contributed by atoms with Crippen molar-refractivity contribution in [2.45, 2.75) is 27.2 Å². The van der Waals surface area contributed by atoms with Crippen LogP contribution in [0.15, 0.2) is 4.99 Å². The number of nitrogens with zero attached hydrogens (tertiary/aromatic N) is 1. The van der Waals surface area contributed by atoms with Gasteiger partial charge in [-0.2, -0.15) is 0 Å². The van der Waals surface area contributed by atoms with Crippen LogP contribution in [0.3, 0.4) is 0 Å². The van der Waals surface area contributed by atoms with Gasteiger partial charge in [0.15, 0.2) is 0 Å². The molecule has 0 aliphatic carbocycles. The molecule has 9 heavy (non-hydrogen) atoms. The molecule has 1 aliphatic heterocycles. The second-order valence-corrected chi connectivity index (χ2v) is 3.22. The van der Waals surface area contributed by atoms with Crippen LogP contribution in [0.5, 0.6) is 0 Å². The van der Waals surface area contributed by atoms with E-state index < -0.39 is 0 Å². The van der Waals surface area contributed by atoms with Crippen LogP contribution in [0.1, 0.15) is 27.2 Å². The zero-order chi connectivity index (χ0) is 6.85. The van der Waals surface area contributed by atoms with Crippen molar-refractivity contribution in [3.05, 3.63) is 0 Å². The van der Waals surface area contributed by atoms with Crippen molar-refractivity contribution < 1.29 is 0 Å². The first-order valence-electron chi connectivity index (χ1n) is 3.71. The average molecular weight is 125 g/mol. The summed E-state index contributed by atoms with van der Waals surface area (Å²) in [6, 6.07) is 0. The van der Waals surface area contributed by atoms with Gasteiger partial charge in [-0.3, -0.25) is 4.99 Å². The molecule has 0 N–H and O–H groups in total. The smallest absolute Gasteiger partial charge is 0.0414 e. The number of hydrogen-bond donors (Lipinski definition) is 0. The van der Waals surface area contributed by atoms with Gasteiger partial charge in [0.2, 0.25) is 0 Å². The van der Waals surface area contributed by atoms with E-state index in [1.807, 2.05) is 0 Å². The van der Waals surface area contributed by atoms with Crippen molar-refractivity contribution in [2.75, 3.05) is 6.54 Å². The number of aliphatic imine (C=N–C) groups is 1. The molecule has 0 amide bonds. The summed E-state index contributed by atoms with van der Waals surface area (Å²) < 4.78 is 0. The summed E-state index contributed by atoms with van der Waals surface area (Å²) in [5, 5.41) is 0. The Hall–Kier alpha value is -0.330. The molecular weight excluding hydrogens is 110 g/mol. The Morgan fingerprint density at radius 3 is 2.56 bits per heavy atom. The molecule has 1 heterocycles. The van der Waals surface area contributed by atoms with Crippen molar-refractivity contribution in [3.8, 4) is 0 Å². The molecule has 0 aromatic heterocycles. The van der Waals surface area contributed by atoms with Crippen LogP contribution >= 0.6 is 0 Å². The van der Waals surface area contributed by atoms with Gasteiger partial charge in [0, 0.05) is 12.3 Å². The molecule has 2 unspecified atom stereocenters. The molecule has 0 aromatic carbocycles. The zero-order valence-corrected chi connectivity index (χ0v) is 6.52. The van der Waals surface area contributed by atoms with E-state index in [1.54, 1.807) is 0 Å². The van der Waals surface area contributed by atoms with Crippen LogP contribution in [-0.2, 0) is 0 Å². The van der Waals surface area contributed by atoms with Gasteiger partial charge >= 0.3 is 0 Å². The predicted octanol–water partition coefficient (Wildman–Crippen LogP) is 2.12. The summed E-state index contributed by atoms with van der Waals surface area (Å²) in [5.41, 5.74) is 1.34. The molecule has 1 aliphatic rings. The highest BCUT2D eigenvalue weighted by Crippen LogP contribution is 2.18. The quantitative estimate of drug-likeness (QED) is 0.470. The van der Waals surface area contributed by atoms with Crippen LogP contribution in [0, 0.1) is 11.8 Å². The van der Waals surface area contributed by atoms with Gasteiger partial charge in [0.1, 0.15) is 0 Å². The van der Waals surface area contributed by atoms with Gasteiger partial charge in [0.05, 0.1) is 0 Å². The minimum absolute atomic E-state index is 0.730. The standard InChI is InChI=1S/C8H15N/c1-6-4-7(2)8(3)9-5-6/h6-7H,4-5H2,1-3H3. The summed E-state index contributed by atoms with van der Waals surface area (Å²) >= 11 is 0. The summed E-state index contributed by atoms with van der Waals surface area (Å²) in [4.78, 5) is 4.41. The van der Waals surface area contributed by atoms with Gasteiger partial charge in [0.25, 0.3) is 0 Å². The fourth-order valence-corrected chi connectivity index (χ4v) is 1.30. The molecule has 1 nitrogen and oxygen atoms in total. The Bertz CT molecular complexity index is 127. The maximum atomic E-state index is 4.41. The SMILES string of the molecule is CC1=NCC(C)CC1C. The summed E-state index contributed by atoms with van der Waals surface area (Å²) in [6.07, 6.45) is 1.33. The molecule has 0 bridgehead atoms. The molecule has 1 rings (SSSR count). The van der Waals surface area contributed by atoms with Crippen molar-refractivity contribution in [2.24, 2.45) is 16.8 Å². The minimum Gasteiger partial charge on any atom is -0.294 e. The van der Waals surface area contributed by atoms with Crippen molar-refractivity contribution in [1.82, 2.24) is 0 Å². The second-order valence-electron chi connectivity index (χ2n) is 3.22. The Labute approximate surface area is 57.2 Å². The molecule has 0 fully saturated rings. The first kappa shape index (κ1) is 6.79. The van der Waals surface area contributed by atoms with Gasteiger partial charge in [-0.25, -0.2) is 0 Å². The van der Waals surface area contributed by atoms with Gasteiger partial charge in [-0.1, -0.05) is 13.8 Å². The van der Waals surface area contributed by atoms with Gasteiger partial charge < -0.3 is 0 Å². The lowest BCUT2D eigenvalue weighted by molar-refractivity contribution is 0.466. The molecule has 0 saturated carbocycles. The first-order chi connectivity index (χ1) is 4.20. The Kier molecular flexibility index (Phi) is 1.89. The highest BCUT2D eigenvalue weighted by molar-refractivity contribution is 5.84. The van der Waals surface area contributed by atoms with E-state index >= 15 is 0 Å². The number of hydrogen-bond acceptors (Lipinski definition) is 1. The Balaban J connectivity index is 2.56. The van der Waals surface area contributed by atoms with Crippen LogP contribution in [0.25, 0.3) is 0 Å². The lowest BCUT2D eigenvalue weighted by Gasteiger charge is -2.21. The fraction of sp³-hybridized carbons (Fsp3) is 0.875. The highest BCUT2D eigenvalue weighted by atomic mass is 14.8. The molecule has 1 heteroatoms. The van der Waals surface area contributed by atoms with E-state index in [9.17, 15) is 0 Å². The summed E-state index contributed by atoms with van der Waals surface area (Å²) in [6.45, 7) is 7.72. The molecule has 0 radical (unpaired) electrons. The fourth-order valence-electron chi connectivity index (χ4n) is 1.30. The maximum Gasteiger partial charge on any atom is 0.0414 e. The summed E-state index contributed by atoms with van der Waals surface area (Å²) in [5.74, 6) is 1.54. The normalized spacial score (nSPS) is 36.1. The van der Waals surface area contributed by atoms with E-state index in [-0.39, 0.29) is 0 Å². The van der Waals surface area contributed by atoms with Gasteiger partial charge in [-0.15, -0.1) is 0 Å². The lowest BCUT2D eigenvalue weighted by Crippen LogP contribution is -2.19. The molecule has 52 valence electrons. The molecule has 0 aromatic rings. The van der Waals surface area contributed by atoms with Crippen molar-refractivity contribution >= 4 is 5.71 Å². The minimum atomic E-state index is 0.730. The third-order valence-electron chi connectivity index (χ3n) is 2.12. The predicted molar refractivity (Wildman–Crippen MR) is 40.9 cm³/mol. The Morgan fingerprint density at radius 2 is 2.11 bits per heavy atom. The highest BCUT2D eigenvalue weighted by Gasteiger charge is 2.15. The second kappa shape index (κ2) is 2.51. The maximum absolute atomic E-state index is 4.41. The molecule has 0 spiro atoms. The van der Waals surface area contributed by atoms with E-state index in [0.717, 1.165) is 18.4 Å². The number of rotatable bonds is 0. The first-order valence-corrected chi connectivity index (χ1v) is 3.71. The average Bonchev–Trinajstić information content (AvgIpc) is 1.80. The summed E-state index contributed by atoms with van der Waals surface area (Å²) in [7, 11) is 0. The van der Waals surface area contributed by atoms with Crippen LogP contribution in [-0.4, -0.2) is 12.3 Å². The zero-order valence-electron chi connectivity index (χ0n) is 6.52. The third kappa shape index (κ3) is 1.54. The van der Waals surface area contributed by atoms with E-state index in [2.05, 4.69) is 25.8 Å². The topological polar surface area (TPSA) is 12.4 Å².